The fourth-order valence-electron chi connectivity index (χ4n) is 2.25. The summed E-state index contributed by atoms with van der Waals surface area (Å²) in [5.74, 6) is 0.795. The minimum absolute atomic E-state index is 0.795. The molecular weight excluding hydrogens is 158 g/mol. The van der Waals surface area contributed by atoms with Crippen molar-refractivity contribution >= 4 is 0 Å². The molecule has 2 rings (SSSR count). The van der Waals surface area contributed by atoms with Crippen LogP contribution in [0.5, 0.6) is 0 Å². The van der Waals surface area contributed by atoms with Crippen LogP contribution in [0.2, 0.25) is 0 Å². The average molecular weight is 176 g/mol. The molecule has 1 aliphatic heterocycles. The van der Waals surface area contributed by atoms with Crippen molar-refractivity contribution in [1.29, 1.82) is 0 Å². The molecule has 1 fully saturated rings. The largest absolute Gasteiger partial charge is 0.379 e. The molecule has 1 saturated carbocycles. The third kappa shape index (κ3) is 2.36. The van der Waals surface area contributed by atoms with Crippen molar-refractivity contribution in [3.8, 4) is 0 Å². The number of nitrogens with one attached hydrogen (secondary N) is 1. The molecule has 0 spiro atoms. The van der Waals surface area contributed by atoms with Crippen LogP contribution in [-0.2, 0) is 0 Å². The first-order valence-corrected chi connectivity index (χ1v) is 5.43. The molecule has 0 atom stereocenters. The van der Waals surface area contributed by atoms with Crippen LogP contribution in [0.4, 0.5) is 0 Å². The van der Waals surface area contributed by atoms with Crippen molar-refractivity contribution in [2.45, 2.75) is 38.5 Å². The predicted molar refractivity (Wildman–Crippen MR) is 55.9 cm³/mol. The Hall–Kier alpha value is -0.720. The van der Waals surface area contributed by atoms with E-state index in [2.05, 4.69) is 23.5 Å². The zero-order valence-electron chi connectivity index (χ0n) is 8.13. The van der Waals surface area contributed by atoms with Gasteiger partial charge in [0, 0.05) is 0 Å². The Morgan fingerprint density at radius 1 is 1.00 bits per heavy atom. The van der Waals surface area contributed by atoms with Crippen molar-refractivity contribution in [3.05, 3.63) is 30.5 Å². The highest BCUT2D eigenvalue weighted by Gasteiger charge is 2.20. The molecular formula is C12H18N. The Morgan fingerprint density at radius 3 is 2.38 bits per heavy atom. The van der Waals surface area contributed by atoms with Crippen LogP contribution in [0.3, 0.4) is 0 Å². The molecule has 13 heavy (non-hydrogen) atoms. The van der Waals surface area contributed by atoms with Gasteiger partial charge < -0.3 is 5.32 Å². The molecule has 1 heteroatoms. The Bertz CT molecular complexity index is 197. The van der Waals surface area contributed by atoms with Crippen LogP contribution in [0, 0.1) is 12.0 Å². The van der Waals surface area contributed by atoms with Crippen molar-refractivity contribution in [2.75, 3.05) is 0 Å². The Labute approximate surface area is 80.9 Å². The molecule has 1 radical (unpaired) electrons. The van der Waals surface area contributed by atoms with E-state index in [0.29, 0.717) is 0 Å². The number of rotatable bonds is 1. The molecule has 0 saturated heterocycles. The normalized spacial score (nSPS) is 25.5. The SMILES string of the molecule is C1=CN[C](C2CCCCCC2)C=C1. The topological polar surface area (TPSA) is 12.0 Å². The third-order valence-corrected chi connectivity index (χ3v) is 3.03. The zero-order chi connectivity index (χ0) is 8.93. The van der Waals surface area contributed by atoms with E-state index in [0.717, 1.165) is 5.92 Å². The first-order chi connectivity index (χ1) is 6.47. The quantitative estimate of drug-likeness (QED) is 0.605. The van der Waals surface area contributed by atoms with E-state index >= 15 is 0 Å². The van der Waals surface area contributed by atoms with E-state index in [4.69, 9.17) is 0 Å². The van der Waals surface area contributed by atoms with Gasteiger partial charge in [-0.3, -0.25) is 0 Å². The first kappa shape index (κ1) is 8.86. The average Bonchev–Trinajstić information content (AvgIpc) is 2.47. The molecule has 2 aliphatic rings. The van der Waals surface area contributed by atoms with Crippen LogP contribution in [0.1, 0.15) is 38.5 Å². The van der Waals surface area contributed by atoms with Gasteiger partial charge in [-0.05, 0) is 31.0 Å². The van der Waals surface area contributed by atoms with Gasteiger partial charge in [0.05, 0.1) is 6.04 Å². The number of allylic oxidation sites excluding steroid dienone is 2. The Kier molecular flexibility index (Phi) is 3.07. The van der Waals surface area contributed by atoms with E-state index in [9.17, 15) is 0 Å². The highest BCUT2D eigenvalue weighted by atomic mass is 14.9. The smallest absolute Gasteiger partial charge is 0.0852 e. The summed E-state index contributed by atoms with van der Waals surface area (Å²) < 4.78 is 0. The molecule has 0 amide bonds. The standard InChI is InChI=1S/C12H18N/c1-2-4-8-11(7-3-1)12-9-5-6-10-13-12/h5-6,9-11,13H,1-4,7-8H2. The predicted octanol–water partition coefficient (Wildman–Crippen LogP) is 3.16. The molecule has 0 aromatic heterocycles. The lowest BCUT2D eigenvalue weighted by Crippen LogP contribution is -2.23. The van der Waals surface area contributed by atoms with E-state index in [1.54, 1.807) is 0 Å². The molecule has 0 aromatic carbocycles. The summed E-state index contributed by atoms with van der Waals surface area (Å²) >= 11 is 0. The first-order valence-electron chi connectivity index (χ1n) is 5.43. The summed E-state index contributed by atoms with van der Waals surface area (Å²) in [4.78, 5) is 0. The molecule has 71 valence electrons. The van der Waals surface area contributed by atoms with Crippen molar-refractivity contribution in [1.82, 2.24) is 5.32 Å². The lowest BCUT2D eigenvalue weighted by atomic mass is 9.91. The number of hydrogen-bond acceptors (Lipinski definition) is 1. The summed E-state index contributed by atoms with van der Waals surface area (Å²) in [7, 11) is 0. The molecule has 1 N–H and O–H groups in total. The zero-order valence-corrected chi connectivity index (χ0v) is 8.13. The van der Waals surface area contributed by atoms with Gasteiger partial charge >= 0.3 is 0 Å². The molecule has 1 heterocycles. The maximum absolute atomic E-state index is 3.37. The van der Waals surface area contributed by atoms with Crippen molar-refractivity contribution < 1.29 is 0 Å². The fourth-order valence-corrected chi connectivity index (χ4v) is 2.25. The fraction of sp³-hybridized carbons (Fsp3) is 0.583. The summed E-state index contributed by atoms with van der Waals surface area (Å²) in [5.41, 5.74) is 0. The van der Waals surface area contributed by atoms with Gasteiger partial charge in [0.15, 0.2) is 0 Å². The monoisotopic (exact) mass is 176 g/mol. The second-order valence-electron chi connectivity index (χ2n) is 4.01. The van der Waals surface area contributed by atoms with E-state index in [1.807, 2.05) is 6.20 Å². The lowest BCUT2D eigenvalue weighted by Gasteiger charge is -2.23. The number of hydrogen-bond donors (Lipinski definition) is 1. The van der Waals surface area contributed by atoms with Crippen LogP contribution >= 0.6 is 0 Å². The van der Waals surface area contributed by atoms with E-state index in [1.165, 1.54) is 44.6 Å². The number of dihydropyridines is 1. The van der Waals surface area contributed by atoms with Gasteiger partial charge in [-0.1, -0.05) is 37.8 Å². The van der Waals surface area contributed by atoms with Gasteiger partial charge in [-0.2, -0.15) is 0 Å². The van der Waals surface area contributed by atoms with Gasteiger partial charge in [-0.15, -0.1) is 0 Å². The van der Waals surface area contributed by atoms with Gasteiger partial charge in [-0.25, -0.2) is 0 Å². The second-order valence-corrected chi connectivity index (χ2v) is 4.01. The summed E-state index contributed by atoms with van der Waals surface area (Å²) in [6, 6.07) is 1.43. The highest BCUT2D eigenvalue weighted by Crippen LogP contribution is 2.30. The molecule has 0 aromatic rings. The maximum Gasteiger partial charge on any atom is 0.0852 e. The maximum atomic E-state index is 3.37. The summed E-state index contributed by atoms with van der Waals surface area (Å²) in [5, 5.41) is 3.37. The molecule has 0 unspecified atom stereocenters. The van der Waals surface area contributed by atoms with Gasteiger partial charge in [0.2, 0.25) is 0 Å². The molecule has 1 nitrogen and oxygen atoms in total. The van der Waals surface area contributed by atoms with Crippen LogP contribution in [-0.4, -0.2) is 0 Å². The van der Waals surface area contributed by atoms with Crippen molar-refractivity contribution in [2.24, 2.45) is 5.92 Å². The van der Waals surface area contributed by atoms with E-state index < -0.39 is 0 Å². The second kappa shape index (κ2) is 4.50. The van der Waals surface area contributed by atoms with E-state index in [-0.39, 0.29) is 0 Å². The minimum Gasteiger partial charge on any atom is -0.379 e. The lowest BCUT2D eigenvalue weighted by molar-refractivity contribution is 0.465. The van der Waals surface area contributed by atoms with Gasteiger partial charge in [0.1, 0.15) is 0 Å². The Balaban J connectivity index is 1.90. The molecule has 1 aliphatic carbocycles. The van der Waals surface area contributed by atoms with Gasteiger partial charge in [0.25, 0.3) is 0 Å². The highest BCUT2D eigenvalue weighted by molar-refractivity contribution is 5.22. The summed E-state index contributed by atoms with van der Waals surface area (Å²) in [6.07, 6.45) is 16.9. The Morgan fingerprint density at radius 2 is 1.77 bits per heavy atom. The van der Waals surface area contributed by atoms with Crippen LogP contribution in [0.25, 0.3) is 0 Å². The summed E-state index contributed by atoms with van der Waals surface area (Å²) in [6.45, 7) is 0. The van der Waals surface area contributed by atoms with Crippen LogP contribution < -0.4 is 5.32 Å². The minimum atomic E-state index is 0.795. The third-order valence-electron chi connectivity index (χ3n) is 3.03. The van der Waals surface area contributed by atoms with Crippen LogP contribution in [0.15, 0.2) is 24.4 Å². The van der Waals surface area contributed by atoms with Crippen molar-refractivity contribution in [3.63, 3.8) is 0 Å². The molecule has 0 bridgehead atoms.